The summed E-state index contributed by atoms with van der Waals surface area (Å²) in [5, 5.41) is 6.92. The van der Waals surface area contributed by atoms with Crippen LogP contribution in [0.1, 0.15) is 0 Å². The van der Waals surface area contributed by atoms with Crippen molar-refractivity contribution in [2.75, 3.05) is 4.90 Å². The molecule has 11 rings (SSSR count). The third-order valence-corrected chi connectivity index (χ3v) is 11.0. The van der Waals surface area contributed by atoms with E-state index in [9.17, 15) is 0 Å². The number of aromatic nitrogens is 4. The Morgan fingerprint density at radius 3 is 1.41 bits per heavy atom. The van der Waals surface area contributed by atoms with Gasteiger partial charge in [0.1, 0.15) is 0 Å². The summed E-state index contributed by atoms with van der Waals surface area (Å²) in [6.45, 7) is 0. The zero-order chi connectivity index (χ0) is 38.4. The Bertz CT molecular complexity index is 3150. The second-order valence-electron chi connectivity index (χ2n) is 14.5. The van der Waals surface area contributed by atoms with Gasteiger partial charge in [-0.25, -0.2) is 15.0 Å². The van der Waals surface area contributed by atoms with E-state index >= 15 is 0 Å². The van der Waals surface area contributed by atoms with Crippen LogP contribution in [0.15, 0.2) is 212 Å². The number of benzene rings is 9. The Morgan fingerprint density at radius 1 is 0.345 bits per heavy atom. The van der Waals surface area contributed by atoms with Crippen molar-refractivity contribution in [2.24, 2.45) is 0 Å². The maximum Gasteiger partial charge on any atom is 0.164 e. The molecule has 0 bridgehead atoms. The molecule has 0 radical (unpaired) electrons. The van der Waals surface area contributed by atoms with Gasteiger partial charge in [-0.1, -0.05) is 158 Å². The van der Waals surface area contributed by atoms with Crippen molar-refractivity contribution >= 4 is 60.4 Å². The first-order valence-corrected chi connectivity index (χ1v) is 19.5. The van der Waals surface area contributed by atoms with E-state index in [4.69, 9.17) is 15.0 Å². The fourth-order valence-electron chi connectivity index (χ4n) is 8.25. The standard InChI is InChI=1S/C53H35N5/c1-4-18-38(19-5-1)51-54-52(39-20-6-2-7-21-39)56-53(55-51)47-34-45(35-49-50(47)46-26-14-15-27-48(46)58(49)42-24-8-3-9-25-42)57(43-30-28-36-16-10-12-22-40(36)32-43)44-31-29-37-17-11-13-23-41(37)33-44/h1-35H. The fraction of sp³-hybridized carbons (Fsp3) is 0. The largest absolute Gasteiger partial charge is 0.310 e. The van der Waals surface area contributed by atoms with Crippen molar-refractivity contribution in [1.29, 1.82) is 0 Å². The number of anilines is 3. The zero-order valence-corrected chi connectivity index (χ0v) is 31.4. The Balaban J connectivity index is 1.27. The summed E-state index contributed by atoms with van der Waals surface area (Å²) in [5.41, 5.74) is 9.08. The Kier molecular flexibility index (Phi) is 8.07. The second-order valence-corrected chi connectivity index (χ2v) is 14.5. The van der Waals surface area contributed by atoms with E-state index in [1.807, 2.05) is 36.4 Å². The Hall–Kier alpha value is -7.89. The van der Waals surface area contributed by atoms with Gasteiger partial charge in [-0.05, 0) is 76.1 Å². The molecule has 2 aromatic heterocycles. The van der Waals surface area contributed by atoms with Crippen LogP contribution in [-0.4, -0.2) is 19.5 Å². The third-order valence-electron chi connectivity index (χ3n) is 11.0. The molecule has 5 nitrogen and oxygen atoms in total. The van der Waals surface area contributed by atoms with Crippen LogP contribution in [0, 0.1) is 0 Å². The number of rotatable bonds is 7. The first-order valence-electron chi connectivity index (χ1n) is 19.5. The average Bonchev–Trinajstić information content (AvgIpc) is 3.64. The highest BCUT2D eigenvalue weighted by molar-refractivity contribution is 6.16. The molecule has 0 saturated carbocycles. The number of fused-ring (bicyclic) bond motifs is 5. The lowest BCUT2D eigenvalue weighted by atomic mass is 10.0. The lowest BCUT2D eigenvalue weighted by Gasteiger charge is -2.27. The van der Waals surface area contributed by atoms with Crippen LogP contribution in [0.25, 0.3) is 83.2 Å². The van der Waals surface area contributed by atoms with Gasteiger partial charge in [0, 0.05) is 50.2 Å². The molecule has 0 saturated heterocycles. The van der Waals surface area contributed by atoms with Crippen LogP contribution in [0.4, 0.5) is 17.1 Å². The van der Waals surface area contributed by atoms with E-state index in [-0.39, 0.29) is 0 Å². The van der Waals surface area contributed by atoms with Crippen LogP contribution in [0.3, 0.4) is 0 Å². The fourth-order valence-corrected chi connectivity index (χ4v) is 8.25. The molecule has 5 heteroatoms. The maximum atomic E-state index is 5.32. The molecular formula is C53H35N5. The number of hydrogen-bond donors (Lipinski definition) is 0. The summed E-state index contributed by atoms with van der Waals surface area (Å²) < 4.78 is 2.37. The molecule has 0 aliphatic rings. The average molecular weight is 742 g/mol. The summed E-state index contributed by atoms with van der Waals surface area (Å²) >= 11 is 0. The van der Waals surface area contributed by atoms with Gasteiger partial charge in [0.05, 0.1) is 11.0 Å². The van der Waals surface area contributed by atoms with Gasteiger partial charge in [0.15, 0.2) is 17.5 Å². The Morgan fingerprint density at radius 2 is 0.828 bits per heavy atom. The molecular weight excluding hydrogens is 707 g/mol. The predicted molar refractivity (Wildman–Crippen MR) is 240 cm³/mol. The molecule has 11 aromatic rings. The minimum absolute atomic E-state index is 0.604. The number of nitrogens with zero attached hydrogens (tertiary/aromatic N) is 5. The van der Waals surface area contributed by atoms with Crippen molar-refractivity contribution in [2.45, 2.75) is 0 Å². The quantitative estimate of drug-likeness (QED) is 0.163. The van der Waals surface area contributed by atoms with Crippen molar-refractivity contribution < 1.29 is 0 Å². The molecule has 0 aliphatic carbocycles. The lowest BCUT2D eigenvalue weighted by molar-refractivity contribution is 1.08. The highest BCUT2D eigenvalue weighted by Gasteiger charge is 2.24. The van der Waals surface area contributed by atoms with Gasteiger partial charge >= 0.3 is 0 Å². The van der Waals surface area contributed by atoms with Gasteiger partial charge in [-0.3, -0.25) is 0 Å². The van der Waals surface area contributed by atoms with Gasteiger partial charge in [0.2, 0.25) is 0 Å². The minimum Gasteiger partial charge on any atom is -0.310 e. The first-order chi connectivity index (χ1) is 28.7. The van der Waals surface area contributed by atoms with E-state index in [1.54, 1.807) is 0 Å². The van der Waals surface area contributed by atoms with Crippen LogP contribution in [-0.2, 0) is 0 Å². The van der Waals surface area contributed by atoms with E-state index in [2.05, 4.69) is 185 Å². The summed E-state index contributed by atoms with van der Waals surface area (Å²) in [7, 11) is 0. The normalized spacial score (nSPS) is 11.4. The number of hydrogen-bond acceptors (Lipinski definition) is 4. The summed E-state index contributed by atoms with van der Waals surface area (Å²) in [5.74, 6) is 1.85. The lowest BCUT2D eigenvalue weighted by Crippen LogP contribution is -2.11. The Labute approximate surface area is 335 Å². The minimum atomic E-state index is 0.604. The summed E-state index contributed by atoms with van der Waals surface area (Å²) in [6, 6.07) is 74.7. The molecule has 58 heavy (non-hydrogen) atoms. The van der Waals surface area contributed by atoms with Crippen molar-refractivity contribution in [1.82, 2.24) is 19.5 Å². The van der Waals surface area contributed by atoms with E-state index in [1.165, 1.54) is 21.5 Å². The van der Waals surface area contributed by atoms with Gasteiger partial charge < -0.3 is 9.47 Å². The van der Waals surface area contributed by atoms with Crippen LogP contribution < -0.4 is 4.90 Å². The molecule has 9 aromatic carbocycles. The highest BCUT2D eigenvalue weighted by Crippen LogP contribution is 2.45. The molecule has 0 unspecified atom stereocenters. The number of para-hydroxylation sites is 2. The molecule has 0 fully saturated rings. The van der Waals surface area contributed by atoms with Crippen LogP contribution >= 0.6 is 0 Å². The molecule has 0 atom stereocenters. The van der Waals surface area contributed by atoms with Gasteiger partial charge in [0.25, 0.3) is 0 Å². The highest BCUT2D eigenvalue weighted by atomic mass is 15.1. The van der Waals surface area contributed by atoms with E-state index in [0.717, 1.165) is 61.2 Å². The summed E-state index contributed by atoms with van der Waals surface area (Å²) in [6.07, 6.45) is 0. The summed E-state index contributed by atoms with van der Waals surface area (Å²) in [4.78, 5) is 18.1. The molecule has 0 spiro atoms. The molecule has 272 valence electrons. The van der Waals surface area contributed by atoms with Crippen LogP contribution in [0.2, 0.25) is 0 Å². The van der Waals surface area contributed by atoms with Crippen molar-refractivity contribution in [3.8, 4) is 39.9 Å². The van der Waals surface area contributed by atoms with Gasteiger partial charge in [-0.15, -0.1) is 0 Å². The third kappa shape index (κ3) is 5.85. The van der Waals surface area contributed by atoms with Crippen molar-refractivity contribution in [3.63, 3.8) is 0 Å². The first kappa shape index (κ1) is 33.4. The maximum absolute atomic E-state index is 5.32. The van der Waals surface area contributed by atoms with Crippen molar-refractivity contribution in [3.05, 3.63) is 212 Å². The van der Waals surface area contributed by atoms with Gasteiger partial charge in [-0.2, -0.15) is 0 Å². The molecule has 2 heterocycles. The second kappa shape index (κ2) is 14.0. The zero-order valence-electron chi connectivity index (χ0n) is 31.4. The molecule has 0 aliphatic heterocycles. The van der Waals surface area contributed by atoms with E-state index in [0.29, 0.717) is 17.5 Å². The smallest absolute Gasteiger partial charge is 0.164 e. The van der Waals surface area contributed by atoms with Crippen LogP contribution in [0.5, 0.6) is 0 Å². The molecule has 0 N–H and O–H groups in total. The van der Waals surface area contributed by atoms with E-state index < -0.39 is 0 Å². The SMILES string of the molecule is c1ccc(-c2nc(-c3ccccc3)nc(-c3cc(N(c4ccc5ccccc5c4)c4ccc5ccccc5c4)cc4c3c3ccccc3n4-c3ccccc3)n2)cc1. The topological polar surface area (TPSA) is 46.8 Å². The predicted octanol–water partition coefficient (Wildman–Crippen LogP) is 13.7. The molecule has 0 amide bonds. The monoisotopic (exact) mass is 741 g/mol.